The third kappa shape index (κ3) is 10.9. The van der Waals surface area contributed by atoms with Crippen LogP contribution < -0.4 is 5.32 Å². The van der Waals surface area contributed by atoms with Crippen LogP contribution in [0, 0.1) is 0 Å². The highest BCUT2D eigenvalue weighted by molar-refractivity contribution is 5.76. The van der Waals surface area contributed by atoms with E-state index in [0.717, 1.165) is 0 Å². The summed E-state index contributed by atoms with van der Waals surface area (Å²) in [4.78, 5) is 20.7. The zero-order valence-corrected chi connectivity index (χ0v) is 9.23. The lowest BCUT2D eigenvalue weighted by molar-refractivity contribution is -0.142. The lowest BCUT2D eigenvalue weighted by Crippen LogP contribution is -2.24. The quantitative estimate of drug-likeness (QED) is 0.465. The largest absolute Gasteiger partial charge is 0.480 e. The van der Waals surface area contributed by atoms with Crippen LogP contribution >= 0.6 is 0 Å². The summed E-state index contributed by atoms with van der Waals surface area (Å²) in [6.45, 7) is 0.865. The summed E-state index contributed by atoms with van der Waals surface area (Å²) in [7, 11) is 1.53. The summed E-state index contributed by atoms with van der Waals surface area (Å²) in [6.07, 6.45) is 0. The van der Waals surface area contributed by atoms with Gasteiger partial charge in [-0.05, 0) is 0 Å². The maximum Gasteiger partial charge on any atom is 0.329 e. The molecule has 0 unspecified atom stereocenters. The van der Waals surface area contributed by atoms with Gasteiger partial charge in [0.05, 0.1) is 26.4 Å². The van der Waals surface area contributed by atoms with Crippen molar-refractivity contribution in [1.82, 2.24) is 5.32 Å². The van der Waals surface area contributed by atoms with Crippen LogP contribution in [0.4, 0.5) is 0 Å². The second-order valence-corrected chi connectivity index (χ2v) is 2.78. The molecule has 7 heteroatoms. The summed E-state index contributed by atoms with van der Waals surface area (Å²) in [6, 6.07) is 0. The topological polar surface area (TPSA) is 94.1 Å². The Labute approximate surface area is 93.7 Å². The Kier molecular flexibility index (Phi) is 9.58. The standard InChI is InChI=1S/C9H17NO6/c1-10-8(11)6-15-4-2-14-3-5-16-7-9(12)13/h2-7H2,1H3,(H,10,11)(H,12,13). The van der Waals surface area contributed by atoms with Crippen LogP contribution in [0.3, 0.4) is 0 Å². The lowest BCUT2D eigenvalue weighted by atomic mass is 10.6. The minimum Gasteiger partial charge on any atom is -0.480 e. The average molecular weight is 235 g/mol. The van der Waals surface area contributed by atoms with E-state index in [1.54, 1.807) is 0 Å². The highest BCUT2D eigenvalue weighted by Crippen LogP contribution is 1.81. The smallest absolute Gasteiger partial charge is 0.329 e. The van der Waals surface area contributed by atoms with Crippen LogP contribution in [0.5, 0.6) is 0 Å². The molecule has 0 heterocycles. The van der Waals surface area contributed by atoms with Gasteiger partial charge in [0.1, 0.15) is 13.2 Å². The number of carbonyl (C=O) groups excluding carboxylic acids is 1. The van der Waals surface area contributed by atoms with Gasteiger partial charge in [-0.3, -0.25) is 4.79 Å². The van der Waals surface area contributed by atoms with Crippen molar-refractivity contribution in [2.75, 3.05) is 46.7 Å². The molecule has 0 aliphatic rings. The number of aliphatic carboxylic acids is 1. The number of rotatable bonds is 10. The fourth-order valence-electron chi connectivity index (χ4n) is 0.734. The molecule has 0 aromatic heterocycles. The Morgan fingerprint density at radius 3 is 2.00 bits per heavy atom. The number of likely N-dealkylation sites (N-methyl/N-ethyl adjacent to an activating group) is 1. The minimum atomic E-state index is -1.01. The van der Waals surface area contributed by atoms with Crippen molar-refractivity contribution < 1.29 is 28.9 Å². The van der Waals surface area contributed by atoms with Gasteiger partial charge in [-0.1, -0.05) is 0 Å². The fourth-order valence-corrected chi connectivity index (χ4v) is 0.734. The summed E-state index contributed by atoms with van der Waals surface area (Å²) in [5, 5.41) is 10.7. The van der Waals surface area contributed by atoms with E-state index in [1.165, 1.54) is 7.05 Å². The monoisotopic (exact) mass is 235 g/mol. The molecule has 0 aromatic carbocycles. The maximum absolute atomic E-state index is 10.7. The third-order valence-corrected chi connectivity index (χ3v) is 1.48. The zero-order chi connectivity index (χ0) is 12.2. The molecule has 0 saturated heterocycles. The minimum absolute atomic E-state index is 0.00930. The molecule has 7 nitrogen and oxygen atoms in total. The fraction of sp³-hybridized carbons (Fsp3) is 0.778. The van der Waals surface area contributed by atoms with Gasteiger partial charge in [0.15, 0.2) is 0 Å². The van der Waals surface area contributed by atoms with Crippen LogP contribution in [-0.4, -0.2) is 63.7 Å². The molecule has 1 amide bonds. The van der Waals surface area contributed by atoms with Crippen molar-refractivity contribution in [3.8, 4) is 0 Å². The van der Waals surface area contributed by atoms with E-state index in [0.29, 0.717) is 19.8 Å². The first-order valence-corrected chi connectivity index (χ1v) is 4.82. The van der Waals surface area contributed by atoms with Crippen molar-refractivity contribution >= 4 is 11.9 Å². The number of hydrogen-bond donors (Lipinski definition) is 2. The van der Waals surface area contributed by atoms with Crippen LogP contribution in [0.15, 0.2) is 0 Å². The van der Waals surface area contributed by atoms with Crippen LogP contribution in [0.1, 0.15) is 0 Å². The number of carboxylic acid groups (broad SMARTS) is 1. The SMILES string of the molecule is CNC(=O)COCCOCCOCC(=O)O. The number of carbonyl (C=O) groups is 2. The van der Waals surface area contributed by atoms with Crippen molar-refractivity contribution in [3.05, 3.63) is 0 Å². The van der Waals surface area contributed by atoms with Crippen molar-refractivity contribution in [1.29, 1.82) is 0 Å². The van der Waals surface area contributed by atoms with Gasteiger partial charge >= 0.3 is 5.97 Å². The van der Waals surface area contributed by atoms with Gasteiger partial charge < -0.3 is 24.6 Å². The molecule has 0 aromatic rings. The molecule has 0 aliphatic carbocycles. The molecular weight excluding hydrogens is 218 g/mol. The summed E-state index contributed by atoms with van der Waals surface area (Å²) in [5.74, 6) is -1.20. The van der Waals surface area contributed by atoms with Gasteiger partial charge in [-0.25, -0.2) is 4.79 Å². The van der Waals surface area contributed by atoms with Crippen molar-refractivity contribution in [2.45, 2.75) is 0 Å². The average Bonchev–Trinajstić information content (AvgIpc) is 2.26. The van der Waals surface area contributed by atoms with E-state index in [4.69, 9.17) is 19.3 Å². The molecular formula is C9H17NO6. The van der Waals surface area contributed by atoms with Crippen molar-refractivity contribution in [2.24, 2.45) is 0 Å². The Hall–Kier alpha value is -1.18. The van der Waals surface area contributed by atoms with Gasteiger partial charge in [-0.15, -0.1) is 0 Å². The normalized spacial score (nSPS) is 10.1. The molecule has 0 atom stereocenters. The predicted octanol–water partition coefficient (Wildman–Crippen LogP) is -1.13. The molecule has 16 heavy (non-hydrogen) atoms. The summed E-state index contributed by atoms with van der Waals surface area (Å²) >= 11 is 0. The summed E-state index contributed by atoms with van der Waals surface area (Å²) < 4.78 is 14.7. The zero-order valence-electron chi connectivity index (χ0n) is 9.23. The van der Waals surface area contributed by atoms with Gasteiger partial charge in [0.2, 0.25) is 5.91 Å². The predicted molar refractivity (Wildman–Crippen MR) is 54.2 cm³/mol. The second-order valence-electron chi connectivity index (χ2n) is 2.78. The molecule has 0 rings (SSSR count). The highest BCUT2D eigenvalue weighted by atomic mass is 16.5. The van der Waals surface area contributed by atoms with E-state index < -0.39 is 5.97 Å². The van der Waals surface area contributed by atoms with E-state index >= 15 is 0 Å². The molecule has 0 spiro atoms. The molecule has 0 fully saturated rings. The van der Waals surface area contributed by atoms with E-state index in [9.17, 15) is 9.59 Å². The van der Waals surface area contributed by atoms with E-state index in [-0.39, 0.29) is 25.7 Å². The summed E-state index contributed by atoms with van der Waals surface area (Å²) in [5.41, 5.74) is 0. The van der Waals surface area contributed by atoms with Gasteiger partial charge in [-0.2, -0.15) is 0 Å². The number of amides is 1. The second kappa shape index (κ2) is 10.3. The molecule has 2 N–H and O–H groups in total. The molecule has 0 aliphatic heterocycles. The van der Waals surface area contributed by atoms with Crippen molar-refractivity contribution in [3.63, 3.8) is 0 Å². The van der Waals surface area contributed by atoms with Crippen LogP contribution in [0.25, 0.3) is 0 Å². The first-order chi connectivity index (χ1) is 7.66. The first kappa shape index (κ1) is 14.8. The van der Waals surface area contributed by atoms with Gasteiger partial charge in [0.25, 0.3) is 0 Å². The highest BCUT2D eigenvalue weighted by Gasteiger charge is 1.97. The van der Waals surface area contributed by atoms with Crippen LogP contribution in [0.2, 0.25) is 0 Å². The molecule has 94 valence electrons. The van der Waals surface area contributed by atoms with E-state index in [2.05, 4.69) is 5.32 Å². The molecule has 0 bridgehead atoms. The number of carboxylic acids is 1. The number of nitrogens with one attached hydrogen (secondary N) is 1. The lowest BCUT2D eigenvalue weighted by Gasteiger charge is -2.05. The number of hydrogen-bond acceptors (Lipinski definition) is 5. The van der Waals surface area contributed by atoms with Gasteiger partial charge in [0, 0.05) is 7.05 Å². The van der Waals surface area contributed by atoms with E-state index in [1.807, 2.05) is 0 Å². The Morgan fingerprint density at radius 1 is 1.00 bits per heavy atom. The van der Waals surface area contributed by atoms with Crippen LogP contribution in [-0.2, 0) is 23.8 Å². The Bertz CT molecular complexity index is 208. The maximum atomic E-state index is 10.7. The molecule has 0 radical (unpaired) electrons. The Balaban J connectivity index is 3.04. The third-order valence-electron chi connectivity index (χ3n) is 1.48. The molecule has 0 saturated carbocycles. The number of ether oxygens (including phenoxy) is 3. The Morgan fingerprint density at radius 2 is 1.50 bits per heavy atom. The first-order valence-electron chi connectivity index (χ1n) is 4.82.